The van der Waals surface area contributed by atoms with Gasteiger partial charge < -0.3 is 5.11 Å². The smallest absolute Gasteiger partial charge is 0.303 e. The highest BCUT2D eigenvalue weighted by Gasteiger charge is 2.27. The van der Waals surface area contributed by atoms with Crippen molar-refractivity contribution in [1.82, 2.24) is 3.97 Å². The number of carboxylic acids is 1. The van der Waals surface area contributed by atoms with E-state index >= 15 is 0 Å². The zero-order valence-electron chi connectivity index (χ0n) is 16.1. The van der Waals surface area contributed by atoms with Gasteiger partial charge in [-0.1, -0.05) is 65.7 Å². The van der Waals surface area contributed by atoms with Crippen LogP contribution >= 0.6 is 23.2 Å². The fraction of sp³-hybridized carbons (Fsp3) is 0.0870. The minimum atomic E-state index is -4.11. The molecule has 31 heavy (non-hydrogen) atoms. The molecule has 0 bridgehead atoms. The average Bonchev–Trinajstić information content (AvgIpc) is 3.11. The number of hydrogen-bond acceptors (Lipinski definition) is 3. The number of halogens is 2. The average molecular weight is 474 g/mol. The van der Waals surface area contributed by atoms with Crippen molar-refractivity contribution in [2.75, 3.05) is 0 Å². The lowest BCUT2D eigenvalue weighted by Gasteiger charge is -2.14. The Morgan fingerprint density at radius 2 is 1.71 bits per heavy atom. The number of carboxylic acid groups (broad SMARTS) is 1. The fourth-order valence-corrected chi connectivity index (χ4v) is 5.89. The van der Waals surface area contributed by atoms with E-state index in [9.17, 15) is 13.2 Å². The van der Waals surface area contributed by atoms with E-state index in [2.05, 4.69) is 0 Å². The molecule has 0 aliphatic carbocycles. The molecule has 8 heteroatoms. The van der Waals surface area contributed by atoms with Gasteiger partial charge >= 0.3 is 5.97 Å². The second kappa shape index (κ2) is 8.38. The summed E-state index contributed by atoms with van der Waals surface area (Å²) in [6.07, 6.45) is 1.49. The van der Waals surface area contributed by atoms with Crippen LogP contribution in [-0.2, 0) is 21.2 Å². The molecule has 0 saturated carbocycles. The van der Waals surface area contributed by atoms with Crippen LogP contribution in [-0.4, -0.2) is 23.5 Å². The molecular weight excluding hydrogens is 457 g/mol. The van der Waals surface area contributed by atoms with Gasteiger partial charge in [-0.3, -0.25) is 4.79 Å². The molecule has 158 valence electrons. The van der Waals surface area contributed by atoms with Crippen LogP contribution < -0.4 is 0 Å². The summed E-state index contributed by atoms with van der Waals surface area (Å²) in [7, 11) is -4.11. The van der Waals surface area contributed by atoms with Crippen LogP contribution in [0.5, 0.6) is 0 Å². The van der Waals surface area contributed by atoms with Crippen LogP contribution in [0.25, 0.3) is 22.0 Å². The number of carbonyl (C=O) groups is 1. The second-order valence-corrected chi connectivity index (χ2v) is 9.59. The molecule has 0 radical (unpaired) electrons. The van der Waals surface area contributed by atoms with Crippen molar-refractivity contribution in [2.24, 2.45) is 0 Å². The van der Waals surface area contributed by atoms with Crippen molar-refractivity contribution in [2.45, 2.75) is 17.7 Å². The molecule has 0 fully saturated rings. The van der Waals surface area contributed by atoms with Crippen molar-refractivity contribution >= 4 is 50.1 Å². The highest BCUT2D eigenvalue weighted by molar-refractivity contribution is 7.90. The van der Waals surface area contributed by atoms with E-state index in [4.69, 9.17) is 28.3 Å². The third-order valence-electron chi connectivity index (χ3n) is 4.99. The third kappa shape index (κ3) is 4.06. The summed E-state index contributed by atoms with van der Waals surface area (Å²) in [5.41, 5.74) is 2.19. The van der Waals surface area contributed by atoms with Crippen LogP contribution in [0.4, 0.5) is 0 Å². The zero-order chi connectivity index (χ0) is 22.2. The van der Waals surface area contributed by atoms with Crippen LogP contribution in [0.3, 0.4) is 0 Å². The highest BCUT2D eigenvalue weighted by atomic mass is 35.5. The zero-order valence-corrected chi connectivity index (χ0v) is 18.5. The lowest BCUT2D eigenvalue weighted by atomic mass is 10.1. The number of nitrogens with zero attached hydrogens (tertiary/aromatic N) is 1. The first kappa shape index (κ1) is 21.4. The molecule has 5 nitrogen and oxygen atoms in total. The molecule has 4 aromatic rings. The van der Waals surface area contributed by atoms with Crippen LogP contribution in [0.1, 0.15) is 12.0 Å². The molecular formula is C23H17Cl2NO4S. The number of rotatable bonds is 6. The van der Waals surface area contributed by atoms with E-state index in [1.807, 2.05) is 30.3 Å². The molecule has 1 N–H and O–H groups in total. The van der Waals surface area contributed by atoms with Gasteiger partial charge in [-0.2, -0.15) is 0 Å². The highest BCUT2D eigenvalue weighted by Crippen LogP contribution is 2.37. The molecule has 3 aromatic carbocycles. The Hall–Kier alpha value is -2.80. The first-order valence-corrected chi connectivity index (χ1v) is 11.6. The first-order valence-electron chi connectivity index (χ1n) is 9.40. The Morgan fingerprint density at radius 3 is 2.42 bits per heavy atom. The van der Waals surface area contributed by atoms with E-state index in [-0.39, 0.29) is 22.8 Å². The quantitative estimate of drug-likeness (QED) is 0.379. The normalized spacial score (nSPS) is 11.7. The molecule has 0 spiro atoms. The third-order valence-corrected chi connectivity index (χ3v) is 7.43. The van der Waals surface area contributed by atoms with Gasteiger partial charge in [0.05, 0.1) is 10.5 Å². The maximum Gasteiger partial charge on any atom is 0.303 e. The summed E-state index contributed by atoms with van der Waals surface area (Å²) in [6, 6.07) is 18.9. The lowest BCUT2D eigenvalue weighted by molar-refractivity contribution is -0.136. The van der Waals surface area contributed by atoms with Gasteiger partial charge in [0.25, 0.3) is 10.0 Å². The maximum absolute atomic E-state index is 13.8. The largest absolute Gasteiger partial charge is 0.481 e. The minimum absolute atomic E-state index is 0.0144. The summed E-state index contributed by atoms with van der Waals surface area (Å²) in [5.74, 6) is -0.969. The topological polar surface area (TPSA) is 76.4 Å². The summed E-state index contributed by atoms with van der Waals surface area (Å²) < 4.78 is 28.8. The summed E-state index contributed by atoms with van der Waals surface area (Å²) in [5, 5.41) is 10.2. The van der Waals surface area contributed by atoms with Crippen molar-refractivity contribution in [1.29, 1.82) is 0 Å². The standard InChI is InChI=1S/C23H17Cl2NO4S/c24-17-10-11-21-19(13-17)16(9-12-22(27)28)14-26(21)31(29,30)23-18(7-4-8-20(23)25)15-5-2-1-3-6-15/h1-8,10-11,13-14H,9,12H2,(H,27,28). The summed E-state index contributed by atoms with van der Waals surface area (Å²) in [4.78, 5) is 11.1. The fourth-order valence-electron chi connectivity index (χ4n) is 3.59. The van der Waals surface area contributed by atoms with Gasteiger partial charge in [-0.05, 0) is 41.8 Å². The molecule has 0 aliphatic heterocycles. The Kier molecular flexibility index (Phi) is 5.79. The van der Waals surface area contributed by atoms with E-state index in [0.717, 1.165) is 3.97 Å². The SMILES string of the molecule is O=C(O)CCc1cn(S(=O)(=O)c2c(Cl)cccc2-c2ccccc2)c2ccc(Cl)cc12. The Balaban J connectivity index is 1.96. The van der Waals surface area contributed by atoms with Crippen LogP contribution in [0, 0.1) is 0 Å². The molecule has 0 atom stereocenters. The second-order valence-electron chi connectivity index (χ2n) is 6.99. The number of hydrogen-bond donors (Lipinski definition) is 1. The molecule has 1 heterocycles. The molecule has 0 amide bonds. The first-order chi connectivity index (χ1) is 14.8. The summed E-state index contributed by atoms with van der Waals surface area (Å²) >= 11 is 12.5. The molecule has 4 rings (SSSR count). The number of aliphatic carboxylic acids is 1. The summed E-state index contributed by atoms with van der Waals surface area (Å²) in [6.45, 7) is 0. The molecule has 0 aliphatic rings. The number of benzene rings is 3. The molecule has 0 saturated heterocycles. The van der Waals surface area contributed by atoms with Gasteiger partial charge in [-0.25, -0.2) is 12.4 Å². The van der Waals surface area contributed by atoms with Crippen molar-refractivity contribution < 1.29 is 18.3 Å². The van der Waals surface area contributed by atoms with Gasteiger partial charge in [0.15, 0.2) is 0 Å². The van der Waals surface area contributed by atoms with Crippen LogP contribution in [0.2, 0.25) is 10.0 Å². The van der Waals surface area contributed by atoms with E-state index < -0.39 is 16.0 Å². The maximum atomic E-state index is 13.8. The van der Waals surface area contributed by atoms with E-state index in [0.29, 0.717) is 32.6 Å². The van der Waals surface area contributed by atoms with Crippen molar-refractivity contribution in [3.8, 4) is 11.1 Å². The molecule has 1 aromatic heterocycles. The van der Waals surface area contributed by atoms with Gasteiger partial charge in [0.2, 0.25) is 0 Å². The van der Waals surface area contributed by atoms with E-state index in [1.165, 1.54) is 12.3 Å². The number of fused-ring (bicyclic) bond motifs is 1. The van der Waals surface area contributed by atoms with Crippen molar-refractivity contribution in [3.05, 3.63) is 88.5 Å². The molecule has 0 unspecified atom stereocenters. The number of aromatic nitrogens is 1. The lowest BCUT2D eigenvalue weighted by Crippen LogP contribution is -2.14. The Labute approximate surface area is 189 Å². The Bertz CT molecular complexity index is 1400. The predicted octanol–water partition coefficient (Wildman–Crippen LogP) is 5.87. The van der Waals surface area contributed by atoms with E-state index in [1.54, 1.807) is 30.3 Å². The van der Waals surface area contributed by atoms with Crippen LogP contribution in [0.15, 0.2) is 77.8 Å². The minimum Gasteiger partial charge on any atom is -0.481 e. The predicted molar refractivity (Wildman–Crippen MR) is 122 cm³/mol. The Morgan fingerprint density at radius 1 is 0.968 bits per heavy atom. The van der Waals surface area contributed by atoms with Crippen molar-refractivity contribution in [3.63, 3.8) is 0 Å². The van der Waals surface area contributed by atoms with Gasteiger partial charge in [0.1, 0.15) is 4.90 Å². The monoisotopic (exact) mass is 473 g/mol. The van der Waals surface area contributed by atoms with Gasteiger partial charge in [-0.15, -0.1) is 0 Å². The number of aryl methyl sites for hydroxylation is 1. The van der Waals surface area contributed by atoms with Gasteiger partial charge in [0, 0.05) is 28.6 Å².